The molecule has 0 bridgehead atoms. The van der Waals surface area contributed by atoms with Gasteiger partial charge in [0.15, 0.2) is 0 Å². The Balaban J connectivity index is 1.94. The van der Waals surface area contributed by atoms with Crippen LogP contribution in [0.15, 0.2) is 11.4 Å². The summed E-state index contributed by atoms with van der Waals surface area (Å²) in [4.78, 5) is 0. The fraction of sp³-hybridized carbons (Fsp3) is 0.714. The molecule has 0 spiro atoms. The van der Waals surface area contributed by atoms with E-state index in [0.29, 0.717) is 0 Å². The lowest BCUT2D eigenvalue weighted by Gasteiger charge is -2.22. The van der Waals surface area contributed by atoms with E-state index < -0.39 is 0 Å². The third-order valence-electron chi connectivity index (χ3n) is 3.56. The highest BCUT2D eigenvalue weighted by Crippen LogP contribution is 2.38. The maximum Gasteiger partial charge on any atom is 0.0917 e. The van der Waals surface area contributed by atoms with Crippen LogP contribution < -0.4 is 5.32 Å². The SMILES string of the molecule is CCCCNc1sccc1C1CCCCC1. The molecule has 0 unspecified atom stereocenters. The summed E-state index contributed by atoms with van der Waals surface area (Å²) in [6.45, 7) is 3.38. The second-order valence-corrected chi connectivity index (χ2v) is 5.74. The van der Waals surface area contributed by atoms with Crippen LogP contribution in [-0.4, -0.2) is 6.54 Å². The first kappa shape index (κ1) is 12.0. The Morgan fingerprint density at radius 3 is 2.88 bits per heavy atom. The minimum absolute atomic E-state index is 0.837. The summed E-state index contributed by atoms with van der Waals surface area (Å²) in [6.07, 6.45) is 9.65. The molecule has 1 nitrogen and oxygen atoms in total. The zero-order valence-corrected chi connectivity index (χ0v) is 11.1. The highest BCUT2D eigenvalue weighted by molar-refractivity contribution is 7.14. The normalized spacial score (nSPS) is 17.6. The second kappa shape index (κ2) is 6.29. The van der Waals surface area contributed by atoms with Gasteiger partial charge in [0.2, 0.25) is 0 Å². The number of rotatable bonds is 5. The van der Waals surface area contributed by atoms with Gasteiger partial charge in [0.1, 0.15) is 0 Å². The maximum absolute atomic E-state index is 3.61. The molecule has 1 fully saturated rings. The van der Waals surface area contributed by atoms with E-state index >= 15 is 0 Å². The van der Waals surface area contributed by atoms with Gasteiger partial charge in [-0.15, -0.1) is 11.3 Å². The van der Waals surface area contributed by atoms with Gasteiger partial charge in [0.25, 0.3) is 0 Å². The Morgan fingerprint density at radius 1 is 1.31 bits per heavy atom. The van der Waals surface area contributed by atoms with Crippen molar-refractivity contribution in [3.05, 3.63) is 17.0 Å². The zero-order chi connectivity index (χ0) is 11.2. The van der Waals surface area contributed by atoms with Gasteiger partial charge in [0.05, 0.1) is 5.00 Å². The van der Waals surface area contributed by atoms with Gasteiger partial charge in [-0.3, -0.25) is 0 Å². The topological polar surface area (TPSA) is 12.0 Å². The lowest BCUT2D eigenvalue weighted by atomic mass is 9.85. The van der Waals surface area contributed by atoms with E-state index in [4.69, 9.17) is 0 Å². The quantitative estimate of drug-likeness (QED) is 0.710. The van der Waals surface area contributed by atoms with E-state index in [1.54, 1.807) is 5.56 Å². The highest BCUT2D eigenvalue weighted by atomic mass is 32.1. The first-order valence-electron chi connectivity index (χ1n) is 6.73. The second-order valence-electron chi connectivity index (χ2n) is 4.82. The van der Waals surface area contributed by atoms with Crippen molar-refractivity contribution in [2.75, 3.05) is 11.9 Å². The monoisotopic (exact) mass is 237 g/mol. The van der Waals surface area contributed by atoms with Crippen LogP contribution in [0.4, 0.5) is 5.00 Å². The fourth-order valence-corrected chi connectivity index (χ4v) is 3.48. The molecule has 2 rings (SSSR count). The van der Waals surface area contributed by atoms with Gasteiger partial charge in [-0.05, 0) is 42.2 Å². The van der Waals surface area contributed by atoms with Gasteiger partial charge in [0, 0.05) is 6.54 Å². The Kier molecular flexibility index (Phi) is 4.70. The summed E-state index contributed by atoms with van der Waals surface area (Å²) in [5.74, 6) is 0.837. The summed E-state index contributed by atoms with van der Waals surface area (Å²) >= 11 is 1.88. The molecule has 1 saturated carbocycles. The third-order valence-corrected chi connectivity index (χ3v) is 4.44. The maximum atomic E-state index is 3.61. The summed E-state index contributed by atoms with van der Waals surface area (Å²) in [5, 5.41) is 7.30. The van der Waals surface area contributed by atoms with Gasteiger partial charge < -0.3 is 5.32 Å². The van der Waals surface area contributed by atoms with E-state index in [0.717, 1.165) is 12.5 Å². The van der Waals surface area contributed by atoms with Gasteiger partial charge in [-0.25, -0.2) is 0 Å². The molecule has 0 atom stereocenters. The van der Waals surface area contributed by atoms with E-state index in [1.807, 2.05) is 11.3 Å². The summed E-state index contributed by atoms with van der Waals surface area (Å²) in [6, 6.07) is 2.34. The molecule has 2 heteroatoms. The van der Waals surface area contributed by atoms with E-state index in [1.165, 1.54) is 49.9 Å². The summed E-state index contributed by atoms with van der Waals surface area (Å²) < 4.78 is 0. The molecule has 1 aliphatic carbocycles. The molecule has 1 aromatic rings. The Bertz CT molecular complexity index is 299. The summed E-state index contributed by atoms with van der Waals surface area (Å²) in [5.41, 5.74) is 1.60. The molecular weight excluding hydrogens is 214 g/mol. The van der Waals surface area contributed by atoms with Crippen LogP contribution in [0.3, 0.4) is 0 Å². The van der Waals surface area contributed by atoms with Crippen LogP contribution in [0.2, 0.25) is 0 Å². The molecule has 0 aromatic carbocycles. The average Bonchev–Trinajstić information content (AvgIpc) is 2.79. The Morgan fingerprint density at radius 2 is 2.12 bits per heavy atom. The molecular formula is C14H23NS. The molecule has 0 saturated heterocycles. The largest absolute Gasteiger partial charge is 0.377 e. The average molecular weight is 237 g/mol. The molecule has 0 radical (unpaired) electrons. The lowest BCUT2D eigenvalue weighted by Crippen LogP contribution is -2.07. The van der Waals surface area contributed by atoms with Crippen molar-refractivity contribution in [2.24, 2.45) is 0 Å². The summed E-state index contributed by atoms with van der Waals surface area (Å²) in [7, 11) is 0. The molecule has 1 aliphatic rings. The Hall–Kier alpha value is -0.500. The van der Waals surface area contributed by atoms with Crippen LogP contribution in [0.5, 0.6) is 0 Å². The third kappa shape index (κ3) is 3.00. The molecule has 1 N–H and O–H groups in total. The number of nitrogens with one attached hydrogen (secondary N) is 1. The predicted octanol–water partition coefficient (Wildman–Crippen LogP) is 5.01. The molecule has 1 heterocycles. The molecule has 16 heavy (non-hydrogen) atoms. The first-order valence-corrected chi connectivity index (χ1v) is 7.61. The van der Waals surface area contributed by atoms with Crippen molar-refractivity contribution in [3.63, 3.8) is 0 Å². The van der Waals surface area contributed by atoms with Crippen LogP contribution in [0.1, 0.15) is 63.4 Å². The minimum Gasteiger partial charge on any atom is -0.377 e. The van der Waals surface area contributed by atoms with Crippen molar-refractivity contribution in [1.29, 1.82) is 0 Å². The minimum atomic E-state index is 0.837. The Labute approximate surface area is 103 Å². The standard InChI is InChI=1S/C14H23NS/c1-2-3-10-15-14-13(9-11-16-14)12-7-5-4-6-8-12/h9,11-12,15H,2-8,10H2,1H3. The van der Waals surface area contributed by atoms with Crippen molar-refractivity contribution in [1.82, 2.24) is 0 Å². The van der Waals surface area contributed by atoms with Crippen molar-refractivity contribution in [3.8, 4) is 0 Å². The molecule has 0 amide bonds. The van der Waals surface area contributed by atoms with Crippen LogP contribution in [-0.2, 0) is 0 Å². The fourth-order valence-electron chi connectivity index (χ4n) is 2.58. The van der Waals surface area contributed by atoms with Crippen molar-refractivity contribution < 1.29 is 0 Å². The number of anilines is 1. The van der Waals surface area contributed by atoms with Crippen LogP contribution in [0.25, 0.3) is 0 Å². The smallest absolute Gasteiger partial charge is 0.0917 e. The van der Waals surface area contributed by atoms with Gasteiger partial charge in [-0.1, -0.05) is 32.6 Å². The number of unbranched alkanes of at least 4 members (excludes halogenated alkanes) is 1. The molecule has 0 aliphatic heterocycles. The molecule has 1 aromatic heterocycles. The number of thiophene rings is 1. The van der Waals surface area contributed by atoms with Gasteiger partial charge in [-0.2, -0.15) is 0 Å². The number of hydrogen-bond acceptors (Lipinski definition) is 2. The van der Waals surface area contributed by atoms with Crippen LogP contribution in [0, 0.1) is 0 Å². The van der Waals surface area contributed by atoms with Crippen molar-refractivity contribution >= 4 is 16.3 Å². The van der Waals surface area contributed by atoms with Gasteiger partial charge >= 0.3 is 0 Å². The highest BCUT2D eigenvalue weighted by Gasteiger charge is 2.18. The lowest BCUT2D eigenvalue weighted by molar-refractivity contribution is 0.445. The van der Waals surface area contributed by atoms with Crippen LogP contribution >= 0.6 is 11.3 Å². The predicted molar refractivity (Wildman–Crippen MR) is 73.5 cm³/mol. The first-order chi connectivity index (χ1) is 7.92. The van der Waals surface area contributed by atoms with E-state index in [9.17, 15) is 0 Å². The van der Waals surface area contributed by atoms with E-state index in [2.05, 4.69) is 23.7 Å². The van der Waals surface area contributed by atoms with E-state index in [-0.39, 0.29) is 0 Å². The number of hydrogen-bond donors (Lipinski definition) is 1. The van der Waals surface area contributed by atoms with Crippen molar-refractivity contribution in [2.45, 2.75) is 57.8 Å². The zero-order valence-electron chi connectivity index (χ0n) is 10.3. The molecule has 90 valence electrons.